The number of allylic oxidation sites excluding steroid dienone is 1. The van der Waals surface area contributed by atoms with E-state index in [1.165, 1.54) is 12.1 Å². The average molecular weight is 435 g/mol. The van der Waals surface area contributed by atoms with Crippen molar-refractivity contribution < 1.29 is 19.1 Å². The number of anilines is 1. The highest BCUT2D eigenvalue weighted by Crippen LogP contribution is 2.50. The topological polar surface area (TPSA) is 102 Å². The van der Waals surface area contributed by atoms with Crippen LogP contribution in [0.1, 0.15) is 59.2 Å². The Labute approximate surface area is 186 Å². The molecule has 4 rings (SSSR count). The Balaban J connectivity index is 1.58. The second-order valence-corrected chi connectivity index (χ2v) is 8.62. The van der Waals surface area contributed by atoms with Gasteiger partial charge in [-0.15, -0.1) is 0 Å². The molecule has 2 fully saturated rings. The summed E-state index contributed by atoms with van der Waals surface area (Å²) in [7, 11) is 0. The maximum atomic E-state index is 14.5. The molecule has 2 aliphatic rings. The Bertz CT molecular complexity index is 1120. The minimum atomic E-state index is -1.15. The van der Waals surface area contributed by atoms with E-state index in [4.69, 9.17) is 5.41 Å². The van der Waals surface area contributed by atoms with Crippen molar-refractivity contribution in [1.82, 2.24) is 5.32 Å². The van der Waals surface area contributed by atoms with Gasteiger partial charge in [-0.25, -0.2) is 9.18 Å². The number of carboxylic acid groups (broad SMARTS) is 1. The van der Waals surface area contributed by atoms with E-state index in [1.54, 1.807) is 37.4 Å². The Hall–Kier alpha value is -3.48. The maximum absolute atomic E-state index is 14.5. The molecular formula is C25H26FN3O3. The minimum Gasteiger partial charge on any atom is -0.478 e. The van der Waals surface area contributed by atoms with Crippen LogP contribution >= 0.6 is 0 Å². The molecular weight excluding hydrogens is 409 g/mol. The van der Waals surface area contributed by atoms with Gasteiger partial charge < -0.3 is 21.1 Å². The van der Waals surface area contributed by atoms with E-state index in [-0.39, 0.29) is 11.5 Å². The van der Waals surface area contributed by atoms with Crippen LogP contribution in [-0.2, 0) is 10.2 Å². The number of rotatable bonds is 8. The van der Waals surface area contributed by atoms with Gasteiger partial charge in [-0.05, 0) is 68.4 Å². The van der Waals surface area contributed by atoms with Gasteiger partial charge in [-0.1, -0.05) is 18.2 Å². The van der Waals surface area contributed by atoms with Crippen LogP contribution in [-0.4, -0.2) is 29.2 Å². The van der Waals surface area contributed by atoms with Gasteiger partial charge in [0.05, 0.1) is 11.0 Å². The molecule has 0 aromatic heterocycles. The normalized spacial score (nSPS) is 17.2. The molecule has 0 spiro atoms. The van der Waals surface area contributed by atoms with Gasteiger partial charge in [-0.2, -0.15) is 0 Å². The monoisotopic (exact) mass is 435 g/mol. The van der Waals surface area contributed by atoms with Gasteiger partial charge in [0.15, 0.2) is 0 Å². The van der Waals surface area contributed by atoms with Crippen LogP contribution in [0.3, 0.4) is 0 Å². The first-order chi connectivity index (χ1) is 15.3. The van der Waals surface area contributed by atoms with Crippen LogP contribution in [0.5, 0.6) is 0 Å². The third kappa shape index (κ3) is 4.15. The van der Waals surface area contributed by atoms with Gasteiger partial charge in [0.1, 0.15) is 5.82 Å². The zero-order valence-corrected chi connectivity index (χ0v) is 17.9. The van der Waals surface area contributed by atoms with E-state index in [0.29, 0.717) is 41.3 Å². The van der Waals surface area contributed by atoms with E-state index in [2.05, 4.69) is 10.6 Å². The van der Waals surface area contributed by atoms with E-state index in [0.717, 1.165) is 31.0 Å². The SMILES string of the molecule is Cc1ccc(C2(C(=O)Nc3ccc(/C(C=N)=C/NC4CCC4)c(C(=O)O)c3)CC2)c(F)c1. The predicted octanol–water partition coefficient (Wildman–Crippen LogP) is 4.64. The van der Waals surface area contributed by atoms with Gasteiger partial charge in [0.2, 0.25) is 5.91 Å². The maximum Gasteiger partial charge on any atom is 0.336 e. The molecule has 4 N–H and O–H groups in total. The predicted molar refractivity (Wildman–Crippen MR) is 122 cm³/mol. The zero-order valence-electron chi connectivity index (χ0n) is 17.9. The second-order valence-electron chi connectivity index (χ2n) is 8.62. The molecule has 2 aromatic rings. The number of aryl methyl sites for hydroxylation is 1. The molecule has 0 saturated heterocycles. The number of amides is 1. The van der Waals surface area contributed by atoms with Crippen molar-refractivity contribution in [2.45, 2.75) is 50.5 Å². The lowest BCUT2D eigenvalue weighted by Gasteiger charge is -2.26. The number of hydrogen-bond donors (Lipinski definition) is 4. The Morgan fingerprint density at radius 3 is 2.47 bits per heavy atom. The number of carboxylic acids is 1. The lowest BCUT2D eigenvalue weighted by atomic mass is 9.92. The van der Waals surface area contributed by atoms with E-state index in [1.807, 2.05) is 0 Å². The number of carbonyl (C=O) groups is 2. The molecule has 7 heteroatoms. The van der Waals surface area contributed by atoms with Crippen molar-refractivity contribution in [3.05, 3.63) is 70.7 Å². The van der Waals surface area contributed by atoms with Crippen LogP contribution in [0, 0.1) is 18.2 Å². The molecule has 0 bridgehead atoms. The Kier molecular flexibility index (Phi) is 5.82. The van der Waals surface area contributed by atoms with Gasteiger partial charge in [0.25, 0.3) is 0 Å². The summed E-state index contributed by atoms with van der Waals surface area (Å²) in [5.74, 6) is -1.91. The first-order valence-electron chi connectivity index (χ1n) is 10.8. The molecule has 6 nitrogen and oxygen atoms in total. The fourth-order valence-electron chi connectivity index (χ4n) is 4.03. The lowest BCUT2D eigenvalue weighted by Crippen LogP contribution is -2.31. The van der Waals surface area contributed by atoms with Gasteiger partial charge in [-0.3, -0.25) is 4.79 Å². The van der Waals surface area contributed by atoms with Crippen molar-refractivity contribution in [3.8, 4) is 0 Å². The van der Waals surface area contributed by atoms with Crippen molar-refractivity contribution >= 4 is 29.4 Å². The smallest absolute Gasteiger partial charge is 0.336 e. The molecule has 2 saturated carbocycles. The minimum absolute atomic E-state index is 0.0145. The summed E-state index contributed by atoms with van der Waals surface area (Å²) < 4.78 is 14.5. The molecule has 1 amide bonds. The number of hydrogen-bond acceptors (Lipinski definition) is 4. The number of aromatic carboxylic acids is 1. The van der Waals surface area contributed by atoms with Gasteiger partial charge >= 0.3 is 5.97 Å². The van der Waals surface area contributed by atoms with Crippen molar-refractivity contribution in [2.24, 2.45) is 0 Å². The summed E-state index contributed by atoms with van der Waals surface area (Å²) in [6.07, 6.45) is 7.14. The molecule has 166 valence electrons. The first-order valence-corrected chi connectivity index (χ1v) is 10.8. The first kappa shape index (κ1) is 21.7. The molecule has 0 unspecified atom stereocenters. The quantitative estimate of drug-likeness (QED) is 0.454. The highest BCUT2D eigenvalue weighted by molar-refractivity contribution is 6.12. The lowest BCUT2D eigenvalue weighted by molar-refractivity contribution is -0.118. The molecule has 0 heterocycles. The van der Waals surface area contributed by atoms with Crippen molar-refractivity contribution in [2.75, 3.05) is 5.32 Å². The fourth-order valence-corrected chi connectivity index (χ4v) is 4.03. The summed E-state index contributed by atoms with van der Waals surface area (Å²) in [4.78, 5) is 24.9. The van der Waals surface area contributed by atoms with E-state index < -0.39 is 17.2 Å². The fraction of sp³-hybridized carbons (Fsp3) is 0.320. The molecule has 32 heavy (non-hydrogen) atoms. The molecule has 2 aliphatic carbocycles. The number of carbonyl (C=O) groups excluding carboxylic acids is 1. The van der Waals surface area contributed by atoms with Gasteiger partial charge in [0, 0.05) is 35.3 Å². The van der Waals surface area contributed by atoms with Crippen molar-refractivity contribution in [1.29, 1.82) is 5.41 Å². The average Bonchev–Trinajstić information content (AvgIpc) is 3.52. The van der Waals surface area contributed by atoms with Crippen LogP contribution in [0.15, 0.2) is 42.6 Å². The standard InChI is InChI=1S/C25H26FN3O3/c1-15-5-8-21(22(26)11-15)25(9-10-25)24(32)29-18-6-7-19(20(12-18)23(30)31)16(13-27)14-28-17-3-2-4-17/h5-8,11-14,17,27-28H,2-4,9-10H2,1H3,(H,29,32)(H,30,31)/b16-14+,27-13?. The highest BCUT2D eigenvalue weighted by atomic mass is 19.1. The third-order valence-electron chi connectivity index (χ3n) is 6.38. The van der Waals surface area contributed by atoms with Crippen LogP contribution in [0.25, 0.3) is 5.57 Å². The van der Waals surface area contributed by atoms with Crippen molar-refractivity contribution in [3.63, 3.8) is 0 Å². The van der Waals surface area contributed by atoms with Crippen LogP contribution in [0.4, 0.5) is 10.1 Å². The molecule has 2 aromatic carbocycles. The number of halogens is 1. The summed E-state index contributed by atoms with van der Waals surface area (Å²) in [6.45, 7) is 1.79. The summed E-state index contributed by atoms with van der Waals surface area (Å²) >= 11 is 0. The molecule has 0 atom stereocenters. The largest absolute Gasteiger partial charge is 0.478 e. The summed E-state index contributed by atoms with van der Waals surface area (Å²) in [5.41, 5.74) is 1.38. The second kappa shape index (κ2) is 8.57. The summed E-state index contributed by atoms with van der Waals surface area (Å²) in [6, 6.07) is 9.80. The Morgan fingerprint density at radius 1 is 1.16 bits per heavy atom. The van der Waals surface area contributed by atoms with E-state index in [9.17, 15) is 19.1 Å². The number of benzene rings is 2. The zero-order chi connectivity index (χ0) is 22.9. The highest BCUT2D eigenvalue weighted by Gasteiger charge is 2.52. The summed E-state index contributed by atoms with van der Waals surface area (Å²) in [5, 5.41) is 23.4. The van der Waals surface area contributed by atoms with Crippen LogP contribution in [0.2, 0.25) is 0 Å². The molecule has 0 aliphatic heterocycles. The van der Waals surface area contributed by atoms with E-state index >= 15 is 0 Å². The van der Waals surface area contributed by atoms with Crippen LogP contribution < -0.4 is 10.6 Å². The third-order valence-corrected chi connectivity index (χ3v) is 6.38. The Morgan fingerprint density at radius 2 is 1.91 bits per heavy atom. The molecule has 0 radical (unpaired) electrons. The number of nitrogens with one attached hydrogen (secondary N) is 3.